The number of amides is 2. The van der Waals surface area contributed by atoms with Crippen molar-refractivity contribution in [2.75, 3.05) is 6.54 Å². The van der Waals surface area contributed by atoms with E-state index in [1.165, 1.54) is 12.2 Å². The van der Waals surface area contributed by atoms with Crippen molar-refractivity contribution in [3.05, 3.63) is 36.5 Å². The van der Waals surface area contributed by atoms with Crippen molar-refractivity contribution in [2.45, 2.75) is 13.8 Å². The number of carbonyl (C=O) groups excluding carboxylic acids is 3. The molecule has 0 aliphatic carbocycles. The summed E-state index contributed by atoms with van der Waals surface area (Å²) in [5, 5.41) is 0. The van der Waals surface area contributed by atoms with Crippen LogP contribution in [0.2, 0.25) is 0 Å². The van der Waals surface area contributed by atoms with Gasteiger partial charge in [0.2, 0.25) is 0 Å². The van der Waals surface area contributed by atoms with Gasteiger partial charge in [0.15, 0.2) is 0 Å². The molecule has 16 heavy (non-hydrogen) atoms. The molecule has 0 aromatic carbocycles. The number of carbonyl (C=O) groups is 3. The van der Waals surface area contributed by atoms with Crippen LogP contribution in [0.15, 0.2) is 36.5 Å². The second kappa shape index (κ2) is 6.50. The molecule has 0 saturated heterocycles. The lowest BCUT2D eigenvalue weighted by Crippen LogP contribution is -2.33. The van der Waals surface area contributed by atoms with Gasteiger partial charge < -0.3 is 4.79 Å². The van der Waals surface area contributed by atoms with Gasteiger partial charge in [-0.15, -0.1) is 0 Å². The van der Waals surface area contributed by atoms with E-state index in [9.17, 15) is 14.4 Å². The van der Waals surface area contributed by atoms with Crippen LogP contribution in [0, 0.1) is 0 Å². The maximum absolute atomic E-state index is 11.5. The minimum absolute atomic E-state index is 0.201. The molecule has 0 radical (unpaired) electrons. The number of nitrogens with zero attached hydrogens (tertiary/aromatic N) is 1. The maximum Gasteiger partial charge on any atom is 0.261 e. The van der Waals surface area contributed by atoms with Crippen LogP contribution >= 0.6 is 0 Å². The predicted octanol–water partition coefficient (Wildman–Crippen LogP) is 1.25. The van der Waals surface area contributed by atoms with E-state index in [2.05, 4.69) is 13.2 Å². The number of imide groups is 1. The number of hydrogen-bond donors (Lipinski definition) is 0. The van der Waals surface area contributed by atoms with Crippen molar-refractivity contribution >= 4 is 18.1 Å². The molecule has 0 unspecified atom stereocenters. The van der Waals surface area contributed by atoms with Gasteiger partial charge in [0.25, 0.3) is 11.8 Å². The van der Waals surface area contributed by atoms with Gasteiger partial charge in [-0.3, -0.25) is 14.5 Å². The topological polar surface area (TPSA) is 54.5 Å². The van der Waals surface area contributed by atoms with Gasteiger partial charge in [0.1, 0.15) is 6.29 Å². The molecule has 0 fully saturated rings. The van der Waals surface area contributed by atoms with E-state index >= 15 is 0 Å². The molecule has 86 valence electrons. The fraction of sp³-hybridized carbons (Fsp3) is 0.250. The highest BCUT2D eigenvalue weighted by molar-refractivity contribution is 6.22. The van der Waals surface area contributed by atoms with Crippen LogP contribution < -0.4 is 0 Å². The zero-order chi connectivity index (χ0) is 12.7. The average molecular weight is 221 g/mol. The van der Waals surface area contributed by atoms with E-state index in [-0.39, 0.29) is 17.7 Å². The molecule has 4 heteroatoms. The van der Waals surface area contributed by atoms with E-state index in [0.29, 0.717) is 6.29 Å². The van der Waals surface area contributed by atoms with E-state index in [4.69, 9.17) is 0 Å². The van der Waals surface area contributed by atoms with Gasteiger partial charge in [-0.1, -0.05) is 39.2 Å². The quantitative estimate of drug-likeness (QED) is 0.530. The predicted molar refractivity (Wildman–Crippen MR) is 61.6 cm³/mol. The molecule has 1 rings (SSSR count). The first-order valence-electron chi connectivity index (χ1n) is 4.96. The van der Waals surface area contributed by atoms with Crippen LogP contribution in [0.5, 0.6) is 0 Å². The number of hydrogen-bond acceptors (Lipinski definition) is 3. The third-order valence-electron chi connectivity index (χ3n) is 1.91. The molecule has 4 nitrogen and oxygen atoms in total. The first-order valence-corrected chi connectivity index (χ1v) is 4.96. The van der Waals surface area contributed by atoms with Gasteiger partial charge in [-0.25, -0.2) is 0 Å². The number of rotatable bonds is 4. The SMILES string of the molecule is C=CC1=C(C=C)C(=O)N(CC=O)C1=O.CC. The standard InChI is InChI=1S/C10H9NO3.C2H6/c1-3-7-8(4-2)10(14)11(5-6-12)9(7)13;1-2/h3-4,6H,1-2,5H2;1-2H3. The second-order valence-corrected chi connectivity index (χ2v) is 2.62. The van der Waals surface area contributed by atoms with Crippen LogP contribution in [-0.2, 0) is 14.4 Å². The van der Waals surface area contributed by atoms with Crippen molar-refractivity contribution in [1.29, 1.82) is 0 Å². The Kier molecular flexibility index (Phi) is 5.70. The minimum Gasteiger partial charge on any atom is -0.301 e. The Labute approximate surface area is 94.9 Å². The average Bonchev–Trinajstić information content (AvgIpc) is 2.55. The zero-order valence-electron chi connectivity index (χ0n) is 9.53. The van der Waals surface area contributed by atoms with Crippen molar-refractivity contribution in [1.82, 2.24) is 4.90 Å². The fourth-order valence-electron chi connectivity index (χ4n) is 1.25. The normalized spacial score (nSPS) is 14.5. The Hall–Kier alpha value is -1.97. The van der Waals surface area contributed by atoms with Crippen LogP contribution in [0.3, 0.4) is 0 Å². The van der Waals surface area contributed by atoms with Gasteiger partial charge in [0.05, 0.1) is 17.7 Å². The highest BCUT2D eigenvalue weighted by atomic mass is 16.2. The summed E-state index contributed by atoms with van der Waals surface area (Å²) in [7, 11) is 0. The lowest BCUT2D eigenvalue weighted by Gasteiger charge is -2.09. The van der Waals surface area contributed by atoms with Gasteiger partial charge >= 0.3 is 0 Å². The lowest BCUT2D eigenvalue weighted by atomic mass is 10.1. The maximum atomic E-state index is 11.5. The van der Waals surface area contributed by atoms with Crippen LogP contribution in [-0.4, -0.2) is 29.5 Å². The first kappa shape index (κ1) is 14.0. The Bertz CT molecular complexity index is 336. The highest BCUT2D eigenvalue weighted by Gasteiger charge is 2.34. The lowest BCUT2D eigenvalue weighted by molar-refractivity contribution is -0.139. The third-order valence-corrected chi connectivity index (χ3v) is 1.91. The molecule has 0 atom stereocenters. The van der Waals surface area contributed by atoms with Gasteiger partial charge in [-0.05, 0) is 0 Å². The Balaban J connectivity index is 0.00000106. The van der Waals surface area contributed by atoms with Crippen LogP contribution in [0.25, 0.3) is 0 Å². The molecule has 2 amide bonds. The second-order valence-electron chi connectivity index (χ2n) is 2.62. The summed E-state index contributed by atoms with van der Waals surface area (Å²) in [6, 6.07) is 0. The molecule has 0 saturated carbocycles. The molecule has 1 aliphatic rings. The summed E-state index contributed by atoms with van der Waals surface area (Å²) in [6.07, 6.45) is 3.09. The third kappa shape index (κ3) is 2.34. The highest BCUT2D eigenvalue weighted by Crippen LogP contribution is 2.21. The molecule has 0 N–H and O–H groups in total. The Morgan fingerprint density at radius 2 is 1.44 bits per heavy atom. The summed E-state index contributed by atoms with van der Waals surface area (Å²) in [4.78, 5) is 34.0. The molecule has 0 bridgehead atoms. The van der Waals surface area contributed by atoms with Crippen molar-refractivity contribution in [3.63, 3.8) is 0 Å². The molecule has 0 spiro atoms. The monoisotopic (exact) mass is 221 g/mol. The van der Waals surface area contributed by atoms with E-state index in [1.807, 2.05) is 13.8 Å². The van der Waals surface area contributed by atoms with Crippen molar-refractivity contribution < 1.29 is 14.4 Å². The first-order chi connectivity index (χ1) is 7.67. The molecule has 1 aliphatic heterocycles. The minimum atomic E-state index is -0.494. The summed E-state index contributed by atoms with van der Waals surface area (Å²) < 4.78 is 0. The summed E-state index contributed by atoms with van der Waals surface area (Å²) in [5.74, 6) is -0.987. The largest absolute Gasteiger partial charge is 0.301 e. The van der Waals surface area contributed by atoms with E-state index < -0.39 is 11.8 Å². The molecule has 0 aromatic rings. The van der Waals surface area contributed by atoms with Crippen molar-refractivity contribution in [3.8, 4) is 0 Å². The van der Waals surface area contributed by atoms with Crippen LogP contribution in [0.4, 0.5) is 0 Å². The van der Waals surface area contributed by atoms with Gasteiger partial charge in [-0.2, -0.15) is 0 Å². The van der Waals surface area contributed by atoms with E-state index in [1.54, 1.807) is 0 Å². The van der Waals surface area contributed by atoms with Crippen molar-refractivity contribution in [2.24, 2.45) is 0 Å². The summed E-state index contributed by atoms with van der Waals surface area (Å²) >= 11 is 0. The molecule has 1 heterocycles. The molecular formula is C12H15NO3. The summed E-state index contributed by atoms with van der Waals surface area (Å²) in [5.41, 5.74) is 0.402. The number of aldehydes is 1. The Morgan fingerprint density at radius 1 is 1.06 bits per heavy atom. The Morgan fingerprint density at radius 3 is 1.69 bits per heavy atom. The summed E-state index contributed by atoms with van der Waals surface area (Å²) in [6.45, 7) is 10.6. The molecule has 0 aromatic heterocycles. The van der Waals surface area contributed by atoms with Crippen LogP contribution in [0.1, 0.15) is 13.8 Å². The smallest absolute Gasteiger partial charge is 0.261 e. The van der Waals surface area contributed by atoms with Gasteiger partial charge in [0, 0.05) is 0 Å². The van der Waals surface area contributed by atoms with E-state index in [0.717, 1.165) is 4.90 Å². The zero-order valence-corrected chi connectivity index (χ0v) is 9.53. The fourth-order valence-corrected chi connectivity index (χ4v) is 1.25. The molecular weight excluding hydrogens is 206 g/mol.